The van der Waals surface area contributed by atoms with Gasteiger partial charge in [-0.3, -0.25) is 4.57 Å². The van der Waals surface area contributed by atoms with Gasteiger partial charge in [-0.05, 0) is 6.07 Å². The monoisotopic (exact) mass is 224 g/mol. The normalized spacial score (nSPS) is 21.6. The van der Waals surface area contributed by atoms with Crippen molar-refractivity contribution >= 4 is 7.44 Å². The molecule has 0 atom stereocenters. The molecule has 2 fully saturated rings. The predicted molar refractivity (Wildman–Crippen MR) is 56.5 cm³/mol. The van der Waals surface area contributed by atoms with Crippen molar-refractivity contribution in [1.29, 1.82) is 0 Å². The quantitative estimate of drug-likeness (QED) is 0.559. The van der Waals surface area contributed by atoms with Gasteiger partial charge >= 0.3 is 0 Å². The van der Waals surface area contributed by atoms with Crippen molar-refractivity contribution in [1.82, 2.24) is 19.3 Å². The van der Waals surface area contributed by atoms with Crippen LogP contribution in [0.2, 0.25) is 0 Å². The second kappa shape index (κ2) is 3.37. The molecule has 0 radical (unpaired) electrons. The first kappa shape index (κ1) is 9.46. The van der Waals surface area contributed by atoms with Crippen molar-refractivity contribution < 1.29 is 4.57 Å². The van der Waals surface area contributed by atoms with Crippen LogP contribution in [0.1, 0.15) is 5.82 Å². The number of hydrogen-bond donors (Lipinski definition) is 0. The SMILES string of the molecule is O=P(Cc1ncccn1)(N1CC1)N1CC1. The third-order valence-corrected chi connectivity index (χ3v) is 5.96. The molecule has 1 aromatic heterocycles. The summed E-state index contributed by atoms with van der Waals surface area (Å²) in [7, 11) is -2.32. The Morgan fingerprint density at radius 1 is 1.13 bits per heavy atom. The van der Waals surface area contributed by atoms with E-state index in [-0.39, 0.29) is 0 Å². The van der Waals surface area contributed by atoms with Crippen LogP contribution >= 0.6 is 7.44 Å². The molecule has 2 aliphatic rings. The fraction of sp³-hybridized carbons (Fsp3) is 0.556. The summed E-state index contributed by atoms with van der Waals surface area (Å²) < 4.78 is 16.8. The molecule has 80 valence electrons. The van der Waals surface area contributed by atoms with E-state index in [0.29, 0.717) is 12.0 Å². The van der Waals surface area contributed by atoms with E-state index in [1.165, 1.54) is 0 Å². The highest BCUT2D eigenvalue weighted by atomic mass is 31.2. The van der Waals surface area contributed by atoms with E-state index in [1.807, 2.05) is 0 Å². The highest BCUT2D eigenvalue weighted by Gasteiger charge is 2.47. The number of hydrogen-bond acceptors (Lipinski definition) is 3. The van der Waals surface area contributed by atoms with Crippen LogP contribution in [-0.4, -0.2) is 45.5 Å². The Bertz CT molecular complexity index is 386. The molecular formula is C9H13N4OP. The summed E-state index contributed by atoms with van der Waals surface area (Å²) in [6.45, 7) is 3.84. The van der Waals surface area contributed by atoms with Gasteiger partial charge < -0.3 is 0 Å². The molecule has 3 rings (SSSR count). The molecular weight excluding hydrogens is 211 g/mol. The molecule has 0 bridgehead atoms. The average molecular weight is 224 g/mol. The van der Waals surface area contributed by atoms with Gasteiger partial charge in [0.15, 0.2) is 0 Å². The van der Waals surface area contributed by atoms with E-state index < -0.39 is 7.44 Å². The summed E-state index contributed by atoms with van der Waals surface area (Å²) in [6, 6.07) is 1.78. The second-order valence-electron chi connectivity index (χ2n) is 3.90. The van der Waals surface area contributed by atoms with Gasteiger partial charge in [0, 0.05) is 38.6 Å². The van der Waals surface area contributed by atoms with Crippen LogP contribution < -0.4 is 0 Å². The standard InChI is InChI=1S/C9H13N4OP/c14-15(12-4-5-12,13-6-7-13)8-9-10-2-1-3-11-9/h1-3H,4-8H2. The van der Waals surface area contributed by atoms with Crippen LogP contribution in [0.4, 0.5) is 0 Å². The van der Waals surface area contributed by atoms with Crippen LogP contribution in [0, 0.1) is 0 Å². The highest BCUT2D eigenvalue weighted by molar-refractivity contribution is 7.58. The summed E-state index contributed by atoms with van der Waals surface area (Å²) in [5.74, 6) is 0.694. The minimum absolute atomic E-state index is 0.494. The van der Waals surface area contributed by atoms with E-state index in [4.69, 9.17) is 0 Å². The Morgan fingerprint density at radius 2 is 1.67 bits per heavy atom. The first-order valence-electron chi connectivity index (χ1n) is 5.15. The fourth-order valence-corrected chi connectivity index (χ4v) is 4.41. The molecule has 0 unspecified atom stereocenters. The van der Waals surface area contributed by atoms with Crippen molar-refractivity contribution in [2.75, 3.05) is 26.2 Å². The maximum atomic E-state index is 12.7. The Hall–Kier alpha value is -0.770. The molecule has 0 saturated carbocycles. The molecule has 1 aromatic rings. The molecule has 3 heterocycles. The topological polar surface area (TPSA) is 48.9 Å². The lowest BCUT2D eigenvalue weighted by atomic mass is 10.6. The maximum absolute atomic E-state index is 12.7. The van der Waals surface area contributed by atoms with E-state index in [9.17, 15) is 4.57 Å². The van der Waals surface area contributed by atoms with Crippen LogP contribution in [0.25, 0.3) is 0 Å². The zero-order valence-corrected chi connectivity index (χ0v) is 9.31. The molecule has 0 spiro atoms. The summed E-state index contributed by atoms with van der Waals surface area (Å²) in [6.07, 6.45) is 3.90. The average Bonchev–Trinajstić information content (AvgIpc) is 3.09. The molecule has 6 heteroatoms. The van der Waals surface area contributed by atoms with E-state index in [1.54, 1.807) is 18.5 Å². The van der Waals surface area contributed by atoms with Crippen molar-refractivity contribution in [2.45, 2.75) is 6.16 Å². The molecule has 0 aromatic carbocycles. The number of rotatable bonds is 4. The molecule has 2 saturated heterocycles. The van der Waals surface area contributed by atoms with Crippen LogP contribution in [0.5, 0.6) is 0 Å². The maximum Gasteiger partial charge on any atom is 0.224 e. The van der Waals surface area contributed by atoms with Gasteiger partial charge in [0.05, 0.1) is 6.16 Å². The van der Waals surface area contributed by atoms with Crippen molar-refractivity contribution in [3.63, 3.8) is 0 Å². The molecule has 15 heavy (non-hydrogen) atoms. The van der Waals surface area contributed by atoms with Gasteiger partial charge in [-0.15, -0.1) is 0 Å². The lowest BCUT2D eigenvalue weighted by Crippen LogP contribution is -2.08. The summed E-state index contributed by atoms with van der Waals surface area (Å²) in [4.78, 5) is 8.29. The van der Waals surface area contributed by atoms with Crippen molar-refractivity contribution in [3.05, 3.63) is 24.3 Å². The zero-order valence-electron chi connectivity index (χ0n) is 8.41. The first-order valence-corrected chi connectivity index (χ1v) is 6.95. The highest BCUT2D eigenvalue weighted by Crippen LogP contribution is 2.61. The van der Waals surface area contributed by atoms with Gasteiger partial charge in [0.1, 0.15) is 5.82 Å². The van der Waals surface area contributed by atoms with Crippen molar-refractivity contribution in [3.8, 4) is 0 Å². The van der Waals surface area contributed by atoms with Gasteiger partial charge in [-0.1, -0.05) is 0 Å². The Labute approximate surface area is 88.6 Å². The largest absolute Gasteiger partial charge is 0.288 e. The minimum atomic E-state index is -2.32. The number of aromatic nitrogens is 2. The first-order chi connectivity index (χ1) is 7.29. The molecule has 5 nitrogen and oxygen atoms in total. The molecule has 0 amide bonds. The van der Waals surface area contributed by atoms with Gasteiger partial charge in [-0.2, -0.15) is 0 Å². The Morgan fingerprint density at radius 3 is 2.13 bits per heavy atom. The fourth-order valence-electron chi connectivity index (χ4n) is 1.69. The van der Waals surface area contributed by atoms with E-state index in [0.717, 1.165) is 26.2 Å². The van der Waals surface area contributed by atoms with Crippen molar-refractivity contribution in [2.24, 2.45) is 0 Å². The number of nitrogens with zero attached hydrogens (tertiary/aromatic N) is 4. The Balaban J connectivity index is 1.82. The van der Waals surface area contributed by atoms with Gasteiger partial charge in [0.25, 0.3) is 0 Å². The van der Waals surface area contributed by atoms with E-state index in [2.05, 4.69) is 19.3 Å². The van der Waals surface area contributed by atoms with Crippen LogP contribution in [0.3, 0.4) is 0 Å². The molecule has 0 N–H and O–H groups in total. The smallest absolute Gasteiger partial charge is 0.224 e. The van der Waals surface area contributed by atoms with Crippen LogP contribution in [-0.2, 0) is 10.7 Å². The van der Waals surface area contributed by atoms with Gasteiger partial charge in [-0.25, -0.2) is 19.3 Å². The molecule has 0 aliphatic carbocycles. The lowest BCUT2D eigenvalue weighted by molar-refractivity contribution is 0.515. The summed E-state index contributed by atoms with van der Waals surface area (Å²) in [5.41, 5.74) is 0. The van der Waals surface area contributed by atoms with Crippen LogP contribution in [0.15, 0.2) is 18.5 Å². The lowest BCUT2D eigenvalue weighted by Gasteiger charge is -2.18. The summed E-state index contributed by atoms with van der Waals surface area (Å²) >= 11 is 0. The van der Waals surface area contributed by atoms with E-state index >= 15 is 0 Å². The molecule has 2 aliphatic heterocycles. The second-order valence-corrected chi connectivity index (χ2v) is 6.67. The van der Waals surface area contributed by atoms with Gasteiger partial charge in [0.2, 0.25) is 7.44 Å². The Kier molecular flexibility index (Phi) is 2.12. The zero-order chi connectivity index (χ0) is 10.3. The third kappa shape index (κ3) is 1.83. The predicted octanol–water partition coefficient (Wildman–Crippen LogP) is 0.801. The minimum Gasteiger partial charge on any atom is -0.288 e. The third-order valence-electron chi connectivity index (χ3n) is 2.70. The summed E-state index contributed by atoms with van der Waals surface area (Å²) in [5, 5.41) is 0.